The zero-order valence-electron chi connectivity index (χ0n) is 11.3. The van der Waals surface area contributed by atoms with E-state index in [2.05, 4.69) is 48.6 Å². The van der Waals surface area contributed by atoms with E-state index >= 15 is 0 Å². The molecule has 0 aliphatic rings. The molecule has 100 valence electrons. The first-order valence-electron chi connectivity index (χ1n) is 6.76. The molecular weight excluding hydrogens is 254 g/mol. The molecule has 0 fully saturated rings. The van der Waals surface area contributed by atoms with Crippen molar-refractivity contribution in [3.05, 3.63) is 70.7 Å². The first-order chi connectivity index (χ1) is 9.25. The molecular formula is C17H20ClN. The topological polar surface area (TPSA) is 12.0 Å². The fourth-order valence-electron chi connectivity index (χ4n) is 2.13. The molecule has 1 nitrogen and oxygen atoms in total. The van der Waals surface area contributed by atoms with E-state index in [1.165, 1.54) is 11.1 Å². The van der Waals surface area contributed by atoms with Crippen LogP contribution in [0.5, 0.6) is 0 Å². The highest BCUT2D eigenvalue weighted by Crippen LogP contribution is 2.18. The quantitative estimate of drug-likeness (QED) is 0.775. The molecule has 0 spiro atoms. The van der Waals surface area contributed by atoms with Crippen LogP contribution in [-0.2, 0) is 6.42 Å². The van der Waals surface area contributed by atoms with Crippen molar-refractivity contribution in [1.29, 1.82) is 0 Å². The maximum absolute atomic E-state index is 6.01. The van der Waals surface area contributed by atoms with Crippen LogP contribution >= 0.6 is 11.6 Å². The van der Waals surface area contributed by atoms with Crippen LogP contribution in [0.1, 0.15) is 24.0 Å². The van der Waals surface area contributed by atoms with Gasteiger partial charge >= 0.3 is 0 Å². The van der Waals surface area contributed by atoms with Gasteiger partial charge < -0.3 is 5.32 Å². The third-order valence-corrected chi connectivity index (χ3v) is 3.54. The van der Waals surface area contributed by atoms with Crippen LogP contribution in [0.2, 0.25) is 5.02 Å². The molecule has 0 amide bonds. The molecule has 1 unspecified atom stereocenters. The standard InChI is InChI=1S/C17H20ClN/c1-14(16-8-5-9-17(18)12-16)13-19-11-10-15-6-3-2-4-7-15/h2-9,12,14,19H,10-11,13H2,1H3. The van der Waals surface area contributed by atoms with Crippen molar-refractivity contribution in [2.45, 2.75) is 19.3 Å². The van der Waals surface area contributed by atoms with Gasteiger partial charge in [-0.25, -0.2) is 0 Å². The van der Waals surface area contributed by atoms with Crippen LogP contribution in [0, 0.1) is 0 Å². The van der Waals surface area contributed by atoms with E-state index in [0.29, 0.717) is 5.92 Å². The van der Waals surface area contributed by atoms with E-state index in [0.717, 1.165) is 24.5 Å². The molecule has 0 radical (unpaired) electrons. The molecule has 1 N–H and O–H groups in total. The van der Waals surface area contributed by atoms with Crippen LogP contribution in [0.4, 0.5) is 0 Å². The van der Waals surface area contributed by atoms with Gasteiger partial charge in [-0.1, -0.05) is 61.0 Å². The minimum atomic E-state index is 0.481. The molecule has 0 aliphatic carbocycles. The summed E-state index contributed by atoms with van der Waals surface area (Å²) in [5.41, 5.74) is 2.67. The summed E-state index contributed by atoms with van der Waals surface area (Å²) in [5.74, 6) is 0.481. The lowest BCUT2D eigenvalue weighted by atomic mass is 10.0. The Morgan fingerprint density at radius 1 is 1.05 bits per heavy atom. The minimum absolute atomic E-state index is 0.481. The third-order valence-electron chi connectivity index (χ3n) is 3.30. The first kappa shape index (κ1) is 14.1. The maximum atomic E-state index is 6.01. The summed E-state index contributed by atoms with van der Waals surface area (Å²) < 4.78 is 0. The van der Waals surface area contributed by atoms with Crippen molar-refractivity contribution in [3.8, 4) is 0 Å². The van der Waals surface area contributed by atoms with Crippen LogP contribution in [0.25, 0.3) is 0 Å². The van der Waals surface area contributed by atoms with E-state index in [1.54, 1.807) is 0 Å². The second kappa shape index (κ2) is 7.32. The maximum Gasteiger partial charge on any atom is 0.0408 e. The van der Waals surface area contributed by atoms with Crippen molar-refractivity contribution in [2.75, 3.05) is 13.1 Å². The third kappa shape index (κ3) is 4.70. The number of benzene rings is 2. The lowest BCUT2D eigenvalue weighted by molar-refractivity contribution is 0.615. The van der Waals surface area contributed by atoms with E-state index in [-0.39, 0.29) is 0 Å². The van der Waals surface area contributed by atoms with Gasteiger partial charge in [0.1, 0.15) is 0 Å². The van der Waals surface area contributed by atoms with Crippen LogP contribution in [-0.4, -0.2) is 13.1 Å². The van der Waals surface area contributed by atoms with Gasteiger partial charge in [0.2, 0.25) is 0 Å². The van der Waals surface area contributed by atoms with Gasteiger partial charge in [-0.05, 0) is 42.1 Å². The molecule has 0 bridgehead atoms. The molecule has 2 aromatic rings. The average Bonchev–Trinajstić information content (AvgIpc) is 2.44. The van der Waals surface area contributed by atoms with Crippen LogP contribution in [0.3, 0.4) is 0 Å². The highest BCUT2D eigenvalue weighted by atomic mass is 35.5. The Labute approximate surface area is 120 Å². The van der Waals surface area contributed by atoms with Crippen molar-refractivity contribution in [2.24, 2.45) is 0 Å². The van der Waals surface area contributed by atoms with E-state index in [4.69, 9.17) is 11.6 Å². The Hall–Kier alpha value is -1.31. The Morgan fingerprint density at radius 3 is 2.58 bits per heavy atom. The zero-order valence-corrected chi connectivity index (χ0v) is 12.0. The largest absolute Gasteiger partial charge is 0.316 e. The smallest absolute Gasteiger partial charge is 0.0408 e. The lowest BCUT2D eigenvalue weighted by Crippen LogP contribution is -2.22. The predicted molar refractivity (Wildman–Crippen MR) is 82.9 cm³/mol. The molecule has 0 aliphatic heterocycles. The SMILES string of the molecule is CC(CNCCc1ccccc1)c1cccc(Cl)c1. The molecule has 2 rings (SSSR count). The van der Waals surface area contributed by atoms with Crippen molar-refractivity contribution < 1.29 is 0 Å². The molecule has 19 heavy (non-hydrogen) atoms. The van der Waals surface area contributed by atoms with Crippen molar-refractivity contribution >= 4 is 11.6 Å². The second-order valence-corrected chi connectivity index (χ2v) is 5.33. The minimum Gasteiger partial charge on any atom is -0.316 e. The van der Waals surface area contributed by atoms with E-state index < -0.39 is 0 Å². The lowest BCUT2D eigenvalue weighted by Gasteiger charge is -2.13. The monoisotopic (exact) mass is 273 g/mol. The number of hydrogen-bond acceptors (Lipinski definition) is 1. The number of rotatable bonds is 6. The first-order valence-corrected chi connectivity index (χ1v) is 7.13. The summed E-state index contributed by atoms with van der Waals surface area (Å²) in [7, 11) is 0. The van der Waals surface area contributed by atoms with Crippen molar-refractivity contribution in [1.82, 2.24) is 5.32 Å². The summed E-state index contributed by atoms with van der Waals surface area (Å²) in [6.07, 6.45) is 1.07. The summed E-state index contributed by atoms with van der Waals surface area (Å²) in [6, 6.07) is 18.7. The van der Waals surface area contributed by atoms with Gasteiger partial charge in [-0.2, -0.15) is 0 Å². The molecule has 0 aromatic heterocycles. The summed E-state index contributed by atoms with van der Waals surface area (Å²) >= 11 is 6.01. The molecule has 0 saturated heterocycles. The van der Waals surface area contributed by atoms with Gasteiger partial charge in [-0.3, -0.25) is 0 Å². The number of nitrogens with one attached hydrogen (secondary N) is 1. The predicted octanol–water partition coefficient (Wildman–Crippen LogP) is 4.28. The molecule has 1 atom stereocenters. The second-order valence-electron chi connectivity index (χ2n) is 4.90. The average molecular weight is 274 g/mol. The molecule has 2 aromatic carbocycles. The Kier molecular flexibility index (Phi) is 5.44. The summed E-state index contributed by atoms with van der Waals surface area (Å²) in [4.78, 5) is 0. The van der Waals surface area contributed by atoms with Gasteiger partial charge in [0.15, 0.2) is 0 Å². The molecule has 0 saturated carbocycles. The Balaban J connectivity index is 1.74. The van der Waals surface area contributed by atoms with E-state index in [1.807, 2.05) is 18.2 Å². The summed E-state index contributed by atoms with van der Waals surface area (Å²) in [6.45, 7) is 4.21. The van der Waals surface area contributed by atoms with Gasteiger partial charge in [0.05, 0.1) is 0 Å². The van der Waals surface area contributed by atoms with Crippen LogP contribution in [0.15, 0.2) is 54.6 Å². The number of hydrogen-bond donors (Lipinski definition) is 1. The molecule has 2 heteroatoms. The highest BCUT2D eigenvalue weighted by Gasteiger charge is 2.05. The Morgan fingerprint density at radius 2 is 1.84 bits per heavy atom. The van der Waals surface area contributed by atoms with Gasteiger partial charge in [0.25, 0.3) is 0 Å². The van der Waals surface area contributed by atoms with Gasteiger partial charge in [0, 0.05) is 11.6 Å². The van der Waals surface area contributed by atoms with Crippen LogP contribution < -0.4 is 5.32 Å². The fraction of sp³-hybridized carbons (Fsp3) is 0.294. The fourth-order valence-corrected chi connectivity index (χ4v) is 2.33. The van der Waals surface area contributed by atoms with E-state index in [9.17, 15) is 0 Å². The number of halogens is 1. The Bertz CT molecular complexity index is 496. The summed E-state index contributed by atoms with van der Waals surface area (Å²) in [5, 5.41) is 4.32. The zero-order chi connectivity index (χ0) is 13.5. The normalized spacial score (nSPS) is 12.3. The molecule has 0 heterocycles. The highest BCUT2D eigenvalue weighted by molar-refractivity contribution is 6.30. The van der Waals surface area contributed by atoms with Crippen molar-refractivity contribution in [3.63, 3.8) is 0 Å². The van der Waals surface area contributed by atoms with Gasteiger partial charge in [-0.15, -0.1) is 0 Å².